The highest BCUT2D eigenvalue weighted by Gasteiger charge is 2.14. The van der Waals surface area contributed by atoms with E-state index in [-0.39, 0.29) is 16.9 Å². The molecule has 0 spiro atoms. The van der Waals surface area contributed by atoms with Gasteiger partial charge in [-0.2, -0.15) is 0 Å². The number of nitrogen functional groups attached to an aromatic ring is 1. The van der Waals surface area contributed by atoms with Gasteiger partial charge in [-0.15, -0.1) is 0 Å². The van der Waals surface area contributed by atoms with E-state index in [9.17, 15) is 13.6 Å². The first-order valence-corrected chi connectivity index (χ1v) is 5.44. The molecule has 0 aliphatic carbocycles. The lowest BCUT2D eigenvalue weighted by Crippen LogP contribution is -2.18. The number of hydrogen-bond donors (Lipinski definition) is 3. The molecule has 0 heterocycles. The van der Waals surface area contributed by atoms with Crippen LogP contribution in [0.15, 0.2) is 42.5 Å². The van der Waals surface area contributed by atoms with Crippen LogP contribution in [0.5, 0.6) is 0 Å². The fourth-order valence-corrected chi connectivity index (χ4v) is 1.62. The highest BCUT2D eigenvalue weighted by Crippen LogP contribution is 2.20. The quantitative estimate of drug-likeness (QED) is 0.588. The molecule has 0 radical (unpaired) electrons. The van der Waals surface area contributed by atoms with Crippen LogP contribution in [0.4, 0.5) is 20.2 Å². The van der Waals surface area contributed by atoms with Crippen LogP contribution in [-0.2, 0) is 0 Å². The third-order valence-corrected chi connectivity index (χ3v) is 2.49. The molecule has 6 heteroatoms. The van der Waals surface area contributed by atoms with Gasteiger partial charge in [0, 0.05) is 5.69 Å². The predicted molar refractivity (Wildman–Crippen MR) is 68.6 cm³/mol. The number of carbonyl (C=O) groups is 1. The van der Waals surface area contributed by atoms with Crippen molar-refractivity contribution < 1.29 is 13.6 Å². The normalized spacial score (nSPS) is 10.1. The summed E-state index contributed by atoms with van der Waals surface area (Å²) in [5.74, 6) is 3.47. The Balaban J connectivity index is 2.28. The van der Waals surface area contributed by atoms with Crippen molar-refractivity contribution in [3.05, 3.63) is 59.7 Å². The molecule has 4 N–H and O–H groups in total. The number of nitrogens with one attached hydrogen (secondary N) is 2. The molecule has 4 nitrogen and oxygen atoms in total. The molecule has 2 aromatic carbocycles. The lowest BCUT2D eigenvalue weighted by molar-refractivity contribution is 0.102. The maximum Gasteiger partial charge on any atom is 0.257 e. The van der Waals surface area contributed by atoms with Crippen molar-refractivity contribution in [1.29, 1.82) is 0 Å². The van der Waals surface area contributed by atoms with Crippen molar-refractivity contribution in [3.63, 3.8) is 0 Å². The van der Waals surface area contributed by atoms with E-state index < -0.39 is 17.5 Å². The molecule has 0 saturated heterocycles. The molecule has 0 unspecified atom stereocenters. The first kappa shape index (κ1) is 13.0. The van der Waals surface area contributed by atoms with Gasteiger partial charge in [-0.3, -0.25) is 10.6 Å². The Hall–Kier alpha value is -2.47. The Morgan fingerprint density at radius 2 is 1.84 bits per heavy atom. The minimum atomic E-state index is -0.644. The molecule has 0 saturated carbocycles. The molecule has 1 amide bonds. The van der Waals surface area contributed by atoms with Crippen LogP contribution in [0.2, 0.25) is 0 Å². The highest BCUT2D eigenvalue weighted by molar-refractivity contribution is 6.08. The lowest BCUT2D eigenvalue weighted by atomic mass is 10.1. The van der Waals surface area contributed by atoms with Crippen molar-refractivity contribution in [2.45, 2.75) is 0 Å². The maximum absolute atomic E-state index is 13.4. The number of hydrazine groups is 1. The molecule has 19 heavy (non-hydrogen) atoms. The SMILES string of the molecule is NNc1c(F)cccc1C(=O)Nc1cccc(F)c1. The topological polar surface area (TPSA) is 67.1 Å². The van der Waals surface area contributed by atoms with E-state index in [1.807, 2.05) is 0 Å². The van der Waals surface area contributed by atoms with E-state index in [2.05, 4.69) is 10.7 Å². The molecule has 0 aliphatic rings. The van der Waals surface area contributed by atoms with Crippen LogP contribution >= 0.6 is 0 Å². The van der Waals surface area contributed by atoms with Gasteiger partial charge in [0.1, 0.15) is 11.6 Å². The van der Waals surface area contributed by atoms with Crippen molar-refractivity contribution in [2.24, 2.45) is 5.84 Å². The Labute approximate surface area is 108 Å². The summed E-state index contributed by atoms with van der Waals surface area (Å²) in [6.45, 7) is 0. The zero-order valence-corrected chi connectivity index (χ0v) is 9.78. The van der Waals surface area contributed by atoms with E-state index >= 15 is 0 Å². The van der Waals surface area contributed by atoms with E-state index in [4.69, 9.17) is 5.84 Å². The van der Waals surface area contributed by atoms with Gasteiger partial charge in [0.2, 0.25) is 0 Å². The summed E-state index contributed by atoms with van der Waals surface area (Å²) < 4.78 is 26.4. The van der Waals surface area contributed by atoms with Crippen LogP contribution in [0.1, 0.15) is 10.4 Å². The summed E-state index contributed by atoms with van der Waals surface area (Å²) in [6, 6.07) is 9.36. The number of carbonyl (C=O) groups excluding carboxylic acids is 1. The molecule has 2 aromatic rings. The third kappa shape index (κ3) is 2.86. The fraction of sp³-hybridized carbons (Fsp3) is 0. The average Bonchev–Trinajstić information content (AvgIpc) is 2.38. The molecule has 98 valence electrons. The Kier molecular flexibility index (Phi) is 3.72. The molecule has 0 bridgehead atoms. The van der Waals surface area contributed by atoms with E-state index in [1.54, 1.807) is 0 Å². The number of benzene rings is 2. The standard InChI is InChI=1S/C13H11F2N3O/c14-8-3-1-4-9(7-8)17-13(19)10-5-2-6-11(15)12(10)18-16/h1-7,18H,16H2,(H,17,19). The number of halogens is 2. The van der Waals surface area contributed by atoms with E-state index in [1.165, 1.54) is 36.4 Å². The number of hydrogen-bond acceptors (Lipinski definition) is 3. The second kappa shape index (κ2) is 5.45. The Bertz CT molecular complexity index is 617. The monoisotopic (exact) mass is 263 g/mol. The number of para-hydroxylation sites is 1. The van der Waals surface area contributed by atoms with Gasteiger partial charge >= 0.3 is 0 Å². The second-order valence-corrected chi connectivity index (χ2v) is 3.77. The van der Waals surface area contributed by atoms with Gasteiger partial charge in [0.05, 0.1) is 11.3 Å². The van der Waals surface area contributed by atoms with Crippen LogP contribution < -0.4 is 16.6 Å². The van der Waals surface area contributed by atoms with Gasteiger partial charge < -0.3 is 10.7 Å². The zero-order chi connectivity index (χ0) is 13.8. The van der Waals surface area contributed by atoms with Gasteiger partial charge in [0.15, 0.2) is 0 Å². The zero-order valence-electron chi connectivity index (χ0n) is 9.78. The smallest absolute Gasteiger partial charge is 0.257 e. The Morgan fingerprint density at radius 3 is 2.53 bits per heavy atom. The molecular formula is C13H11F2N3O. The Morgan fingerprint density at radius 1 is 1.11 bits per heavy atom. The number of amides is 1. The third-order valence-electron chi connectivity index (χ3n) is 2.49. The maximum atomic E-state index is 13.4. The largest absolute Gasteiger partial charge is 0.322 e. The van der Waals surface area contributed by atoms with Gasteiger partial charge in [-0.05, 0) is 30.3 Å². The van der Waals surface area contributed by atoms with Gasteiger partial charge in [0.25, 0.3) is 5.91 Å². The minimum absolute atomic E-state index is 0.0340. The van der Waals surface area contributed by atoms with Gasteiger partial charge in [-0.25, -0.2) is 8.78 Å². The van der Waals surface area contributed by atoms with Crippen LogP contribution in [-0.4, -0.2) is 5.91 Å². The molecule has 0 aliphatic heterocycles. The van der Waals surface area contributed by atoms with Crippen molar-refractivity contribution in [1.82, 2.24) is 0 Å². The van der Waals surface area contributed by atoms with Crippen molar-refractivity contribution >= 4 is 17.3 Å². The van der Waals surface area contributed by atoms with Gasteiger partial charge in [-0.1, -0.05) is 12.1 Å². The summed E-state index contributed by atoms with van der Waals surface area (Å²) in [4.78, 5) is 12.0. The van der Waals surface area contributed by atoms with Crippen LogP contribution in [0, 0.1) is 11.6 Å². The van der Waals surface area contributed by atoms with E-state index in [0.717, 1.165) is 6.07 Å². The molecule has 0 aromatic heterocycles. The van der Waals surface area contributed by atoms with Crippen LogP contribution in [0.25, 0.3) is 0 Å². The summed E-state index contributed by atoms with van der Waals surface area (Å²) in [5, 5.41) is 2.46. The number of anilines is 2. The highest BCUT2D eigenvalue weighted by atomic mass is 19.1. The van der Waals surface area contributed by atoms with Crippen molar-refractivity contribution in [3.8, 4) is 0 Å². The first-order valence-electron chi connectivity index (χ1n) is 5.44. The summed E-state index contributed by atoms with van der Waals surface area (Å²) >= 11 is 0. The van der Waals surface area contributed by atoms with E-state index in [0.29, 0.717) is 0 Å². The minimum Gasteiger partial charge on any atom is -0.322 e. The predicted octanol–water partition coefficient (Wildman–Crippen LogP) is 2.50. The summed E-state index contributed by atoms with van der Waals surface area (Å²) in [6.07, 6.45) is 0. The molecular weight excluding hydrogens is 252 g/mol. The molecule has 0 fully saturated rings. The van der Waals surface area contributed by atoms with Crippen LogP contribution in [0.3, 0.4) is 0 Å². The van der Waals surface area contributed by atoms with Crippen molar-refractivity contribution in [2.75, 3.05) is 10.7 Å². The summed E-state index contributed by atoms with van der Waals surface area (Å²) in [5.41, 5.74) is 2.33. The molecule has 2 rings (SSSR count). The molecule has 0 atom stereocenters. The first-order chi connectivity index (χ1) is 9.11. The number of rotatable bonds is 3. The second-order valence-electron chi connectivity index (χ2n) is 3.77. The lowest BCUT2D eigenvalue weighted by Gasteiger charge is -2.10. The average molecular weight is 263 g/mol. The summed E-state index contributed by atoms with van der Waals surface area (Å²) in [7, 11) is 0. The fourth-order valence-electron chi connectivity index (χ4n) is 1.62. The number of nitrogens with two attached hydrogens (primary N) is 1.